The van der Waals surface area contributed by atoms with Crippen LogP contribution in [0.5, 0.6) is 0 Å². The highest BCUT2D eigenvalue weighted by Crippen LogP contribution is 2.39. The van der Waals surface area contributed by atoms with Crippen molar-refractivity contribution >= 4 is 22.2 Å². The van der Waals surface area contributed by atoms with Gasteiger partial charge in [-0.1, -0.05) is 19.3 Å². The number of piperidine rings is 1. The average Bonchev–Trinajstić information content (AvgIpc) is 3.15. The van der Waals surface area contributed by atoms with Gasteiger partial charge in [-0.25, -0.2) is 0 Å². The second-order valence-electron chi connectivity index (χ2n) is 7.55. The highest BCUT2D eigenvalue weighted by atomic mass is 32.1. The van der Waals surface area contributed by atoms with E-state index >= 15 is 0 Å². The number of carbonyl (C=O) groups excluding carboxylic acids is 1. The average molecular weight is 343 g/mol. The van der Waals surface area contributed by atoms with Gasteiger partial charge in [-0.15, -0.1) is 11.3 Å². The second-order valence-corrected chi connectivity index (χ2v) is 8.66. The van der Waals surface area contributed by atoms with Crippen molar-refractivity contribution in [2.45, 2.75) is 51.4 Å². The summed E-state index contributed by atoms with van der Waals surface area (Å²) in [7, 11) is 0. The first-order chi connectivity index (χ1) is 11.7. The third kappa shape index (κ3) is 3.10. The summed E-state index contributed by atoms with van der Waals surface area (Å²) < 4.78 is 0. The Balaban J connectivity index is 1.37. The number of likely N-dealkylation sites (tertiary alicyclic amines) is 1. The van der Waals surface area contributed by atoms with Crippen molar-refractivity contribution < 1.29 is 4.79 Å². The minimum Gasteiger partial charge on any atom is -0.315 e. The normalized spacial score (nSPS) is 26.5. The molecule has 4 nitrogen and oxygen atoms in total. The van der Waals surface area contributed by atoms with Crippen molar-refractivity contribution in [1.29, 1.82) is 5.26 Å². The Bertz CT molecular complexity index is 675. The summed E-state index contributed by atoms with van der Waals surface area (Å²) in [5.41, 5.74) is 1.90. The van der Waals surface area contributed by atoms with E-state index in [4.69, 9.17) is 0 Å². The van der Waals surface area contributed by atoms with E-state index in [1.165, 1.54) is 42.5 Å². The van der Waals surface area contributed by atoms with Crippen LogP contribution in [0, 0.1) is 23.2 Å². The standard InChI is InChI=1S/C19H25N3OS/c20-10-16-15-6-3-7-17(15)24-19(16)21-18(23)12-22-9-8-13-4-1-2-5-14(13)11-22/h13-14H,1-9,11-12H2,(H,21,23)/t13-,14+/m1/s1. The predicted molar refractivity (Wildman–Crippen MR) is 96.2 cm³/mol. The van der Waals surface area contributed by atoms with E-state index in [0.29, 0.717) is 12.1 Å². The van der Waals surface area contributed by atoms with E-state index in [1.807, 2.05) is 0 Å². The van der Waals surface area contributed by atoms with E-state index in [2.05, 4.69) is 16.3 Å². The van der Waals surface area contributed by atoms with Crippen LogP contribution in [0.3, 0.4) is 0 Å². The fourth-order valence-electron chi connectivity index (χ4n) is 4.80. The molecule has 1 aromatic rings. The molecule has 1 saturated carbocycles. The number of rotatable bonds is 3. The monoisotopic (exact) mass is 343 g/mol. The minimum atomic E-state index is 0.0423. The number of amides is 1. The topological polar surface area (TPSA) is 56.1 Å². The smallest absolute Gasteiger partial charge is 0.239 e. The van der Waals surface area contributed by atoms with E-state index in [0.717, 1.165) is 49.2 Å². The summed E-state index contributed by atoms with van der Waals surface area (Å²) in [6.45, 7) is 2.58. The van der Waals surface area contributed by atoms with Crippen molar-refractivity contribution in [3.05, 3.63) is 16.0 Å². The number of nitrogens with zero attached hydrogens (tertiary/aromatic N) is 2. The van der Waals surface area contributed by atoms with Crippen LogP contribution >= 0.6 is 11.3 Å². The summed E-state index contributed by atoms with van der Waals surface area (Å²) in [4.78, 5) is 16.1. The van der Waals surface area contributed by atoms with Crippen LogP contribution in [0.2, 0.25) is 0 Å². The van der Waals surface area contributed by atoms with Crippen LogP contribution in [0.4, 0.5) is 5.00 Å². The van der Waals surface area contributed by atoms with Gasteiger partial charge in [0.15, 0.2) is 0 Å². The molecule has 0 bridgehead atoms. The number of carbonyl (C=O) groups is 1. The van der Waals surface area contributed by atoms with Crippen LogP contribution in [0.1, 0.15) is 54.5 Å². The first-order valence-electron chi connectivity index (χ1n) is 9.31. The van der Waals surface area contributed by atoms with Crippen molar-refractivity contribution in [2.75, 3.05) is 25.0 Å². The lowest BCUT2D eigenvalue weighted by Crippen LogP contribution is -2.44. The number of anilines is 1. The molecule has 1 aliphatic heterocycles. The van der Waals surface area contributed by atoms with Gasteiger partial charge in [0.25, 0.3) is 0 Å². The maximum atomic E-state index is 12.5. The molecule has 0 radical (unpaired) electrons. The number of fused-ring (bicyclic) bond motifs is 2. The maximum absolute atomic E-state index is 12.5. The summed E-state index contributed by atoms with van der Waals surface area (Å²) in [6, 6.07) is 2.30. The molecule has 24 heavy (non-hydrogen) atoms. The highest BCUT2D eigenvalue weighted by molar-refractivity contribution is 7.16. The van der Waals surface area contributed by atoms with E-state index in [1.54, 1.807) is 11.3 Å². The summed E-state index contributed by atoms with van der Waals surface area (Å²) in [5, 5.41) is 13.2. The Labute approximate surface area is 147 Å². The maximum Gasteiger partial charge on any atom is 0.239 e. The van der Waals surface area contributed by atoms with Crippen LogP contribution in [-0.4, -0.2) is 30.4 Å². The molecule has 0 unspecified atom stereocenters. The van der Waals surface area contributed by atoms with Gasteiger partial charge in [-0.2, -0.15) is 5.26 Å². The highest BCUT2D eigenvalue weighted by Gasteiger charge is 2.32. The molecule has 2 aliphatic carbocycles. The summed E-state index contributed by atoms with van der Waals surface area (Å²) in [5.74, 6) is 1.73. The molecule has 1 aromatic heterocycles. The number of aryl methyl sites for hydroxylation is 1. The Kier molecular flexibility index (Phi) is 4.60. The Morgan fingerprint density at radius 3 is 2.88 bits per heavy atom. The molecule has 4 rings (SSSR count). The number of nitrogens with one attached hydrogen (secondary N) is 1. The SMILES string of the molecule is N#Cc1c(NC(=O)CN2CC[C@H]3CCCC[C@H]3C2)sc2c1CCC2. The lowest BCUT2D eigenvalue weighted by Gasteiger charge is -2.41. The van der Waals surface area contributed by atoms with Crippen LogP contribution < -0.4 is 5.32 Å². The third-order valence-electron chi connectivity index (χ3n) is 6.03. The number of hydrogen-bond donors (Lipinski definition) is 1. The molecule has 0 aromatic carbocycles. The fraction of sp³-hybridized carbons (Fsp3) is 0.684. The lowest BCUT2D eigenvalue weighted by atomic mass is 9.75. The van der Waals surface area contributed by atoms with E-state index < -0.39 is 0 Å². The third-order valence-corrected chi connectivity index (χ3v) is 7.24. The molecule has 2 heterocycles. The summed E-state index contributed by atoms with van der Waals surface area (Å²) in [6.07, 6.45) is 9.89. The Hall–Kier alpha value is -1.38. The molecule has 2 atom stereocenters. The molecular formula is C19H25N3OS. The zero-order valence-corrected chi connectivity index (χ0v) is 15.0. The lowest BCUT2D eigenvalue weighted by molar-refractivity contribution is -0.118. The van der Waals surface area contributed by atoms with Crippen molar-refractivity contribution in [3.8, 4) is 6.07 Å². The number of nitriles is 1. The first-order valence-corrected chi connectivity index (χ1v) is 10.1. The largest absolute Gasteiger partial charge is 0.315 e. The van der Waals surface area contributed by atoms with E-state index in [9.17, 15) is 10.1 Å². The van der Waals surface area contributed by atoms with Crippen LogP contribution in [-0.2, 0) is 17.6 Å². The van der Waals surface area contributed by atoms with Crippen LogP contribution in [0.25, 0.3) is 0 Å². The molecule has 5 heteroatoms. The molecule has 2 fully saturated rings. The van der Waals surface area contributed by atoms with Crippen molar-refractivity contribution in [3.63, 3.8) is 0 Å². The summed E-state index contributed by atoms with van der Waals surface area (Å²) >= 11 is 1.61. The zero-order chi connectivity index (χ0) is 16.5. The van der Waals surface area contributed by atoms with Gasteiger partial charge in [-0.05, 0) is 56.0 Å². The Morgan fingerprint density at radius 2 is 2.04 bits per heavy atom. The number of thiophene rings is 1. The molecule has 1 amide bonds. The van der Waals surface area contributed by atoms with Gasteiger partial charge >= 0.3 is 0 Å². The van der Waals surface area contributed by atoms with Gasteiger partial charge in [0.1, 0.15) is 11.1 Å². The quantitative estimate of drug-likeness (QED) is 0.913. The molecular weight excluding hydrogens is 318 g/mol. The van der Waals surface area contributed by atoms with Gasteiger partial charge in [0, 0.05) is 11.4 Å². The molecule has 0 spiro atoms. The van der Waals surface area contributed by atoms with Crippen molar-refractivity contribution in [1.82, 2.24) is 4.90 Å². The predicted octanol–water partition coefficient (Wildman–Crippen LogP) is 3.56. The first kappa shape index (κ1) is 16.1. The molecule has 1 N–H and O–H groups in total. The van der Waals surface area contributed by atoms with E-state index in [-0.39, 0.29) is 5.91 Å². The fourth-order valence-corrected chi connectivity index (χ4v) is 6.06. The molecule has 1 saturated heterocycles. The Morgan fingerprint density at radius 1 is 1.21 bits per heavy atom. The number of hydrogen-bond acceptors (Lipinski definition) is 4. The minimum absolute atomic E-state index is 0.0423. The van der Waals surface area contributed by atoms with Gasteiger partial charge in [0.05, 0.1) is 12.1 Å². The second kappa shape index (κ2) is 6.85. The van der Waals surface area contributed by atoms with Crippen LogP contribution in [0.15, 0.2) is 0 Å². The zero-order valence-electron chi connectivity index (χ0n) is 14.1. The molecule has 128 valence electrons. The van der Waals surface area contributed by atoms with Gasteiger partial charge in [-0.3, -0.25) is 9.69 Å². The van der Waals surface area contributed by atoms with Gasteiger partial charge in [0.2, 0.25) is 5.91 Å². The van der Waals surface area contributed by atoms with Crippen molar-refractivity contribution in [2.24, 2.45) is 11.8 Å². The molecule has 3 aliphatic rings. The van der Waals surface area contributed by atoms with Gasteiger partial charge < -0.3 is 5.32 Å².